The van der Waals surface area contributed by atoms with E-state index in [0.717, 1.165) is 19.3 Å². The summed E-state index contributed by atoms with van der Waals surface area (Å²) in [5, 5.41) is 2.89. The predicted molar refractivity (Wildman–Crippen MR) is 112 cm³/mol. The lowest BCUT2D eigenvalue weighted by Gasteiger charge is -2.17. The first-order valence-corrected chi connectivity index (χ1v) is 8.61. The lowest BCUT2D eigenvalue weighted by Crippen LogP contribution is -2.29. The number of carbonyl (C=O) groups excluding carboxylic acids is 2. The number of nitrogens with two attached hydrogens (primary N) is 2. The number of halogens is 2. The van der Waals surface area contributed by atoms with Gasteiger partial charge in [0.2, 0.25) is 17.7 Å². The van der Waals surface area contributed by atoms with Crippen LogP contribution in [-0.2, 0) is 4.79 Å². The fourth-order valence-electron chi connectivity index (χ4n) is 3.25. The average Bonchev–Trinajstić information content (AvgIpc) is 3.12. The molecule has 2 atom stereocenters. The third-order valence-corrected chi connectivity index (χ3v) is 4.64. The van der Waals surface area contributed by atoms with Crippen molar-refractivity contribution in [3.8, 4) is 11.6 Å². The Labute approximate surface area is 176 Å². The number of nitrogens with zero attached hydrogens (tertiary/aromatic N) is 1. The largest absolute Gasteiger partial charge is 0.439 e. The Balaban J connectivity index is 0.00000196. The molecule has 0 radical (unpaired) electrons. The average molecular weight is 427 g/mol. The Morgan fingerprint density at radius 1 is 1.18 bits per heavy atom. The lowest BCUT2D eigenvalue weighted by molar-refractivity contribution is -0.120. The summed E-state index contributed by atoms with van der Waals surface area (Å²) in [6.07, 6.45) is 4.45. The molecule has 2 aromatic rings. The van der Waals surface area contributed by atoms with Crippen molar-refractivity contribution in [2.75, 3.05) is 11.9 Å². The summed E-state index contributed by atoms with van der Waals surface area (Å²) in [7, 11) is 0. The SMILES string of the molecule is Cl.Cl.NC[C@H]1CCC[C@H]1C(=O)Nc1ccc(Oc2cccc(C(N)=O)c2)nc1. The Kier molecular flexibility index (Phi) is 9.18. The lowest BCUT2D eigenvalue weighted by atomic mass is 9.95. The molecule has 1 aliphatic rings. The van der Waals surface area contributed by atoms with E-state index in [1.807, 2.05) is 0 Å². The molecule has 1 heterocycles. The molecule has 0 bridgehead atoms. The Morgan fingerprint density at radius 2 is 1.96 bits per heavy atom. The first-order chi connectivity index (χ1) is 12.6. The molecular formula is C19H24Cl2N4O3. The van der Waals surface area contributed by atoms with Crippen LogP contribution in [0.25, 0.3) is 0 Å². The van der Waals surface area contributed by atoms with E-state index in [1.165, 1.54) is 6.20 Å². The van der Waals surface area contributed by atoms with E-state index < -0.39 is 5.91 Å². The molecule has 1 saturated carbocycles. The highest BCUT2D eigenvalue weighted by atomic mass is 35.5. The minimum atomic E-state index is -0.524. The van der Waals surface area contributed by atoms with E-state index >= 15 is 0 Å². The summed E-state index contributed by atoms with van der Waals surface area (Å²) in [5.41, 5.74) is 12.0. The first kappa shape index (κ1) is 23.7. The zero-order chi connectivity index (χ0) is 18.5. The molecule has 0 unspecified atom stereocenters. The quantitative estimate of drug-likeness (QED) is 0.654. The minimum absolute atomic E-state index is 0. The van der Waals surface area contributed by atoms with Crippen LogP contribution in [0.3, 0.4) is 0 Å². The number of nitrogens with one attached hydrogen (secondary N) is 1. The zero-order valence-electron chi connectivity index (χ0n) is 15.2. The van der Waals surface area contributed by atoms with Gasteiger partial charge in [-0.2, -0.15) is 0 Å². The molecule has 0 aliphatic heterocycles. The summed E-state index contributed by atoms with van der Waals surface area (Å²) in [6.45, 7) is 0.535. The fraction of sp³-hybridized carbons (Fsp3) is 0.316. The van der Waals surface area contributed by atoms with Crippen molar-refractivity contribution in [2.24, 2.45) is 23.3 Å². The van der Waals surface area contributed by atoms with Crippen LogP contribution in [0.4, 0.5) is 5.69 Å². The van der Waals surface area contributed by atoms with Crippen molar-refractivity contribution in [2.45, 2.75) is 19.3 Å². The maximum atomic E-state index is 12.4. The van der Waals surface area contributed by atoms with Crippen LogP contribution in [0, 0.1) is 11.8 Å². The van der Waals surface area contributed by atoms with Crippen LogP contribution >= 0.6 is 24.8 Å². The van der Waals surface area contributed by atoms with Gasteiger partial charge in [-0.25, -0.2) is 4.98 Å². The van der Waals surface area contributed by atoms with Crippen LogP contribution < -0.4 is 21.5 Å². The van der Waals surface area contributed by atoms with Gasteiger partial charge in [0.05, 0.1) is 11.9 Å². The Hall–Kier alpha value is -2.35. The van der Waals surface area contributed by atoms with E-state index in [0.29, 0.717) is 29.4 Å². The van der Waals surface area contributed by atoms with Crippen LogP contribution in [0.5, 0.6) is 11.6 Å². The second kappa shape index (κ2) is 10.8. The van der Waals surface area contributed by atoms with Crippen LogP contribution in [-0.4, -0.2) is 23.3 Å². The van der Waals surface area contributed by atoms with Crippen LogP contribution in [0.15, 0.2) is 42.6 Å². The molecule has 0 saturated heterocycles. The van der Waals surface area contributed by atoms with Crippen molar-refractivity contribution < 1.29 is 14.3 Å². The molecule has 1 fully saturated rings. The molecule has 1 aromatic carbocycles. The van der Waals surface area contributed by atoms with Crippen molar-refractivity contribution in [1.29, 1.82) is 0 Å². The Bertz CT molecular complexity index is 802. The second-order valence-electron chi connectivity index (χ2n) is 6.40. The van der Waals surface area contributed by atoms with Gasteiger partial charge >= 0.3 is 0 Å². The van der Waals surface area contributed by atoms with Gasteiger partial charge in [0.1, 0.15) is 5.75 Å². The van der Waals surface area contributed by atoms with Crippen molar-refractivity contribution >= 4 is 42.3 Å². The number of carbonyl (C=O) groups is 2. The molecule has 9 heteroatoms. The summed E-state index contributed by atoms with van der Waals surface area (Å²) in [5.74, 6) is 0.495. The highest BCUT2D eigenvalue weighted by molar-refractivity contribution is 5.93. The number of pyridine rings is 1. The number of hydrogen-bond acceptors (Lipinski definition) is 5. The zero-order valence-corrected chi connectivity index (χ0v) is 16.8. The fourth-order valence-corrected chi connectivity index (χ4v) is 3.25. The van der Waals surface area contributed by atoms with Crippen LogP contribution in [0.1, 0.15) is 29.6 Å². The number of amides is 2. The molecule has 5 N–H and O–H groups in total. The molecule has 1 aromatic heterocycles. The minimum Gasteiger partial charge on any atom is -0.439 e. The summed E-state index contributed by atoms with van der Waals surface area (Å²) >= 11 is 0. The number of benzene rings is 1. The standard InChI is InChI=1S/C19H22N4O3.2ClH/c20-10-13-4-2-6-16(13)19(25)23-14-7-8-17(22-11-14)26-15-5-1-3-12(9-15)18(21)24;;/h1,3,5,7-9,11,13,16H,2,4,6,10,20H2,(H2,21,24)(H,23,25);2*1H/t13-,16-;;/m1../s1. The van der Waals surface area contributed by atoms with Gasteiger partial charge < -0.3 is 21.5 Å². The van der Waals surface area contributed by atoms with Gasteiger partial charge in [-0.1, -0.05) is 12.5 Å². The van der Waals surface area contributed by atoms with E-state index in [2.05, 4.69) is 10.3 Å². The molecule has 7 nitrogen and oxygen atoms in total. The number of rotatable bonds is 6. The van der Waals surface area contributed by atoms with Gasteiger partial charge in [-0.3, -0.25) is 9.59 Å². The normalized spacial score (nSPS) is 17.8. The number of aromatic nitrogens is 1. The summed E-state index contributed by atoms with van der Waals surface area (Å²) in [6, 6.07) is 9.92. The van der Waals surface area contributed by atoms with Gasteiger partial charge in [0.15, 0.2) is 0 Å². The highest BCUT2D eigenvalue weighted by Crippen LogP contribution is 2.32. The van der Waals surface area contributed by atoms with Crippen molar-refractivity contribution in [1.82, 2.24) is 4.98 Å². The molecule has 3 rings (SSSR count). The maximum absolute atomic E-state index is 12.4. The van der Waals surface area contributed by atoms with Crippen molar-refractivity contribution in [3.63, 3.8) is 0 Å². The van der Waals surface area contributed by atoms with E-state index in [-0.39, 0.29) is 42.6 Å². The van der Waals surface area contributed by atoms with E-state index in [1.54, 1.807) is 36.4 Å². The third kappa shape index (κ3) is 5.82. The number of ether oxygens (including phenoxy) is 1. The summed E-state index contributed by atoms with van der Waals surface area (Å²) < 4.78 is 5.62. The monoisotopic (exact) mass is 426 g/mol. The first-order valence-electron chi connectivity index (χ1n) is 8.61. The molecule has 0 spiro atoms. The molecule has 152 valence electrons. The third-order valence-electron chi connectivity index (χ3n) is 4.64. The number of primary amides is 1. The molecule has 28 heavy (non-hydrogen) atoms. The molecular weight excluding hydrogens is 403 g/mol. The topological polar surface area (TPSA) is 120 Å². The van der Waals surface area contributed by atoms with Gasteiger partial charge in [-0.05, 0) is 49.6 Å². The van der Waals surface area contributed by atoms with E-state index in [9.17, 15) is 9.59 Å². The highest BCUT2D eigenvalue weighted by Gasteiger charge is 2.31. The maximum Gasteiger partial charge on any atom is 0.248 e. The number of hydrogen-bond donors (Lipinski definition) is 3. The van der Waals surface area contributed by atoms with Gasteiger partial charge in [-0.15, -0.1) is 24.8 Å². The number of anilines is 1. The van der Waals surface area contributed by atoms with E-state index in [4.69, 9.17) is 16.2 Å². The van der Waals surface area contributed by atoms with Gasteiger partial charge in [0, 0.05) is 17.5 Å². The second-order valence-corrected chi connectivity index (χ2v) is 6.40. The molecule has 2 amide bonds. The smallest absolute Gasteiger partial charge is 0.248 e. The van der Waals surface area contributed by atoms with Crippen LogP contribution in [0.2, 0.25) is 0 Å². The van der Waals surface area contributed by atoms with Gasteiger partial charge in [0.25, 0.3) is 0 Å². The summed E-state index contributed by atoms with van der Waals surface area (Å²) in [4.78, 5) is 27.8. The molecule has 1 aliphatic carbocycles. The Morgan fingerprint density at radius 3 is 2.61 bits per heavy atom. The van der Waals surface area contributed by atoms with Crippen molar-refractivity contribution in [3.05, 3.63) is 48.2 Å². The predicted octanol–water partition coefficient (Wildman–Crippen LogP) is 3.13.